The second-order valence-electron chi connectivity index (χ2n) is 7.15. The summed E-state index contributed by atoms with van der Waals surface area (Å²) in [7, 11) is 3.11. The van der Waals surface area contributed by atoms with Crippen molar-refractivity contribution in [2.75, 3.05) is 62.1 Å². The molecule has 1 N–H and O–H groups in total. The summed E-state index contributed by atoms with van der Waals surface area (Å²) in [5.74, 6) is 0.266. The Bertz CT molecular complexity index is 975. The fourth-order valence-corrected chi connectivity index (χ4v) is 3.57. The van der Waals surface area contributed by atoms with Crippen LogP contribution in [-0.2, 0) is 4.79 Å². The van der Waals surface area contributed by atoms with Crippen molar-refractivity contribution in [3.63, 3.8) is 0 Å². The number of nitrogens with one attached hydrogen (secondary N) is 1. The SMILES string of the molecule is COc1ccc(N2CCN(C(=O)Nc3ccc4c(c3)N(C)C(=O)CO4)CC2)cc1F. The van der Waals surface area contributed by atoms with E-state index in [0.717, 1.165) is 5.69 Å². The van der Waals surface area contributed by atoms with Gasteiger partial charge < -0.3 is 29.5 Å². The average molecular weight is 414 g/mol. The molecule has 30 heavy (non-hydrogen) atoms. The lowest BCUT2D eigenvalue weighted by atomic mass is 10.2. The first-order chi connectivity index (χ1) is 14.5. The Labute approximate surface area is 173 Å². The first-order valence-electron chi connectivity index (χ1n) is 9.64. The molecule has 9 heteroatoms. The molecule has 0 unspecified atom stereocenters. The van der Waals surface area contributed by atoms with E-state index in [1.54, 1.807) is 36.2 Å². The average Bonchev–Trinajstić information content (AvgIpc) is 2.76. The molecule has 0 radical (unpaired) electrons. The second kappa shape index (κ2) is 8.10. The van der Waals surface area contributed by atoms with Gasteiger partial charge in [-0.15, -0.1) is 0 Å². The van der Waals surface area contributed by atoms with Crippen LogP contribution in [0.4, 0.5) is 26.2 Å². The van der Waals surface area contributed by atoms with Crippen LogP contribution in [0.25, 0.3) is 0 Å². The standard InChI is InChI=1S/C21H23FN4O4/c1-24-17-11-14(3-5-19(17)30-13-20(24)27)23-21(28)26-9-7-25(8-10-26)15-4-6-18(29-2)16(22)12-15/h3-6,11-12H,7-10,13H2,1-2H3,(H,23,28). The van der Waals surface area contributed by atoms with Gasteiger partial charge in [0.15, 0.2) is 18.2 Å². The number of rotatable bonds is 3. The fraction of sp³-hybridized carbons (Fsp3) is 0.333. The van der Waals surface area contributed by atoms with Gasteiger partial charge in [0.05, 0.1) is 12.8 Å². The summed E-state index contributed by atoms with van der Waals surface area (Å²) in [5.41, 5.74) is 1.97. The maximum absolute atomic E-state index is 14.0. The molecular formula is C21H23FN4O4. The summed E-state index contributed by atoms with van der Waals surface area (Å²) in [6.45, 7) is 2.21. The molecule has 4 rings (SSSR count). The maximum Gasteiger partial charge on any atom is 0.321 e. The summed E-state index contributed by atoms with van der Waals surface area (Å²) in [4.78, 5) is 29.7. The molecule has 1 saturated heterocycles. The molecule has 2 aliphatic heterocycles. The lowest BCUT2D eigenvalue weighted by Crippen LogP contribution is -2.50. The Kier molecular flexibility index (Phi) is 5.35. The summed E-state index contributed by atoms with van der Waals surface area (Å²) in [6, 6.07) is 9.85. The third-order valence-electron chi connectivity index (χ3n) is 5.36. The zero-order valence-corrected chi connectivity index (χ0v) is 16.9. The number of likely N-dealkylation sites (N-methyl/N-ethyl adjacent to an activating group) is 1. The summed E-state index contributed by atoms with van der Waals surface area (Å²) < 4.78 is 24.3. The number of urea groups is 1. The maximum atomic E-state index is 14.0. The molecule has 0 aromatic heterocycles. The third kappa shape index (κ3) is 3.83. The van der Waals surface area contributed by atoms with E-state index in [-0.39, 0.29) is 24.3 Å². The minimum absolute atomic E-state index is 0.0115. The smallest absolute Gasteiger partial charge is 0.321 e. The van der Waals surface area contributed by atoms with E-state index in [0.29, 0.717) is 43.3 Å². The first kappa shape index (κ1) is 19.8. The summed E-state index contributed by atoms with van der Waals surface area (Å²) >= 11 is 0. The van der Waals surface area contributed by atoms with Crippen molar-refractivity contribution in [1.29, 1.82) is 0 Å². The molecule has 2 aromatic rings. The molecule has 2 aromatic carbocycles. The number of ether oxygens (including phenoxy) is 2. The highest BCUT2D eigenvalue weighted by Gasteiger charge is 2.25. The number of amides is 3. The van der Waals surface area contributed by atoms with Gasteiger partial charge in [-0.25, -0.2) is 9.18 Å². The highest BCUT2D eigenvalue weighted by Crippen LogP contribution is 2.33. The van der Waals surface area contributed by atoms with Gasteiger partial charge in [-0.2, -0.15) is 0 Å². The van der Waals surface area contributed by atoms with E-state index in [1.165, 1.54) is 18.1 Å². The predicted molar refractivity (Wildman–Crippen MR) is 111 cm³/mol. The fourth-order valence-electron chi connectivity index (χ4n) is 3.57. The second-order valence-corrected chi connectivity index (χ2v) is 7.15. The Morgan fingerprint density at radius 2 is 1.90 bits per heavy atom. The van der Waals surface area contributed by atoms with Crippen LogP contribution in [0.2, 0.25) is 0 Å². The number of hydrogen-bond donors (Lipinski definition) is 1. The van der Waals surface area contributed by atoms with Crippen molar-refractivity contribution in [2.45, 2.75) is 0 Å². The Hall–Kier alpha value is -3.49. The van der Waals surface area contributed by atoms with Crippen molar-refractivity contribution in [2.24, 2.45) is 0 Å². The minimum atomic E-state index is -0.407. The normalized spacial score (nSPS) is 16.1. The van der Waals surface area contributed by atoms with Crippen LogP contribution in [0.3, 0.4) is 0 Å². The quantitative estimate of drug-likeness (QED) is 0.836. The van der Waals surface area contributed by atoms with Crippen LogP contribution in [0.15, 0.2) is 36.4 Å². The Morgan fingerprint density at radius 1 is 1.13 bits per heavy atom. The number of fused-ring (bicyclic) bond motifs is 1. The van der Waals surface area contributed by atoms with Gasteiger partial charge in [0.1, 0.15) is 5.75 Å². The molecule has 0 saturated carbocycles. The minimum Gasteiger partial charge on any atom is -0.494 e. The lowest BCUT2D eigenvalue weighted by Gasteiger charge is -2.36. The predicted octanol–water partition coefficient (Wildman–Crippen LogP) is 2.54. The topological polar surface area (TPSA) is 74.4 Å². The van der Waals surface area contributed by atoms with E-state index >= 15 is 0 Å². The number of carbonyl (C=O) groups excluding carboxylic acids is 2. The molecule has 0 spiro atoms. The molecule has 0 aliphatic carbocycles. The van der Waals surface area contributed by atoms with Crippen molar-refractivity contribution >= 4 is 29.0 Å². The number of carbonyl (C=O) groups is 2. The van der Waals surface area contributed by atoms with Gasteiger partial charge in [0, 0.05) is 50.7 Å². The van der Waals surface area contributed by atoms with E-state index in [9.17, 15) is 14.0 Å². The van der Waals surface area contributed by atoms with E-state index in [2.05, 4.69) is 5.32 Å². The van der Waals surface area contributed by atoms with E-state index < -0.39 is 5.82 Å². The zero-order valence-electron chi connectivity index (χ0n) is 16.9. The van der Waals surface area contributed by atoms with Crippen LogP contribution < -0.4 is 24.6 Å². The number of halogens is 1. The zero-order chi connectivity index (χ0) is 21.3. The van der Waals surface area contributed by atoms with Gasteiger partial charge >= 0.3 is 6.03 Å². The van der Waals surface area contributed by atoms with Crippen molar-refractivity contribution < 1.29 is 23.5 Å². The van der Waals surface area contributed by atoms with E-state index in [1.807, 2.05) is 11.0 Å². The summed E-state index contributed by atoms with van der Waals surface area (Å²) in [6.07, 6.45) is 0. The van der Waals surface area contributed by atoms with Crippen molar-refractivity contribution in [3.05, 3.63) is 42.2 Å². The number of benzene rings is 2. The van der Waals surface area contributed by atoms with Gasteiger partial charge in [0.25, 0.3) is 5.91 Å². The number of anilines is 3. The molecule has 158 valence electrons. The van der Waals surface area contributed by atoms with Gasteiger partial charge in [0.2, 0.25) is 0 Å². The van der Waals surface area contributed by atoms with Gasteiger partial charge in [-0.05, 0) is 30.3 Å². The van der Waals surface area contributed by atoms with Crippen molar-refractivity contribution in [3.8, 4) is 11.5 Å². The molecule has 2 aliphatic rings. The highest BCUT2D eigenvalue weighted by atomic mass is 19.1. The van der Waals surface area contributed by atoms with Gasteiger partial charge in [-0.1, -0.05) is 0 Å². The molecule has 0 atom stereocenters. The third-order valence-corrected chi connectivity index (χ3v) is 5.36. The molecule has 3 amide bonds. The largest absolute Gasteiger partial charge is 0.494 e. The van der Waals surface area contributed by atoms with Crippen LogP contribution in [-0.4, -0.2) is 63.8 Å². The molecule has 1 fully saturated rings. The molecular weight excluding hydrogens is 391 g/mol. The summed E-state index contributed by atoms with van der Waals surface area (Å²) in [5, 5.41) is 2.87. The van der Waals surface area contributed by atoms with Crippen LogP contribution in [0.5, 0.6) is 11.5 Å². The first-order valence-corrected chi connectivity index (χ1v) is 9.64. The van der Waals surface area contributed by atoms with Gasteiger partial charge in [-0.3, -0.25) is 4.79 Å². The van der Waals surface area contributed by atoms with Crippen LogP contribution in [0.1, 0.15) is 0 Å². The number of methoxy groups -OCH3 is 1. The number of nitrogens with zero attached hydrogens (tertiary/aromatic N) is 3. The van der Waals surface area contributed by atoms with Crippen LogP contribution >= 0.6 is 0 Å². The number of hydrogen-bond acceptors (Lipinski definition) is 5. The Balaban J connectivity index is 1.37. The van der Waals surface area contributed by atoms with Crippen molar-refractivity contribution in [1.82, 2.24) is 4.90 Å². The molecule has 0 bridgehead atoms. The molecule has 8 nitrogen and oxygen atoms in total. The Morgan fingerprint density at radius 3 is 2.60 bits per heavy atom. The highest BCUT2D eigenvalue weighted by molar-refractivity contribution is 5.99. The van der Waals surface area contributed by atoms with Crippen LogP contribution in [0, 0.1) is 5.82 Å². The molecule has 2 heterocycles. The monoisotopic (exact) mass is 414 g/mol. The van der Waals surface area contributed by atoms with E-state index in [4.69, 9.17) is 9.47 Å². The number of piperazine rings is 1. The lowest BCUT2D eigenvalue weighted by molar-refractivity contribution is -0.120.